The first-order chi connectivity index (χ1) is 15.7. The molecule has 5 rings (SSSR count). The van der Waals surface area contributed by atoms with Crippen LogP contribution in [0.25, 0.3) is 11.0 Å². The number of nitrogens with zero attached hydrogens (tertiary/aromatic N) is 2. The van der Waals surface area contributed by atoms with Crippen LogP contribution < -0.4 is 21.6 Å². The second-order valence-corrected chi connectivity index (χ2v) is 9.00. The number of rotatable bonds is 4. The molecule has 2 amide bonds. The van der Waals surface area contributed by atoms with Gasteiger partial charge in [-0.2, -0.15) is 0 Å². The van der Waals surface area contributed by atoms with Crippen LogP contribution in [0.5, 0.6) is 5.75 Å². The number of nitrogens with one attached hydrogen (secondary N) is 1. The van der Waals surface area contributed by atoms with Crippen LogP contribution in [-0.2, 0) is 16.1 Å². The van der Waals surface area contributed by atoms with Gasteiger partial charge in [-0.3, -0.25) is 19.2 Å². The van der Waals surface area contributed by atoms with Crippen LogP contribution in [0.15, 0.2) is 52.1 Å². The highest BCUT2D eigenvalue weighted by Crippen LogP contribution is 2.49. The Hall–Kier alpha value is -3.59. The number of amides is 2. The number of aromatic nitrogens is 2. The minimum atomic E-state index is -1.05. The van der Waals surface area contributed by atoms with E-state index in [0.717, 1.165) is 5.56 Å². The average molecular weight is 469 g/mol. The van der Waals surface area contributed by atoms with Crippen molar-refractivity contribution in [3.63, 3.8) is 0 Å². The average Bonchev–Trinajstić information content (AvgIpc) is 2.75. The quantitative estimate of drug-likeness (QED) is 0.443. The predicted octanol–water partition coefficient (Wildman–Crippen LogP) is 1.57. The van der Waals surface area contributed by atoms with Crippen LogP contribution in [0.1, 0.15) is 24.8 Å². The fraction of sp³-hybridized carbons (Fsp3) is 0.304. The first kappa shape index (κ1) is 21.3. The molecule has 1 fully saturated rings. The van der Waals surface area contributed by atoms with Gasteiger partial charge in [-0.1, -0.05) is 29.8 Å². The molecular weight excluding hydrogens is 448 g/mol. The van der Waals surface area contributed by atoms with Gasteiger partial charge in [-0.25, -0.2) is 0 Å². The molecule has 0 spiro atoms. The van der Waals surface area contributed by atoms with E-state index in [1.165, 1.54) is 9.47 Å². The molecule has 170 valence electrons. The van der Waals surface area contributed by atoms with Crippen LogP contribution in [-0.4, -0.2) is 38.5 Å². The molecule has 0 unspecified atom stereocenters. The maximum Gasteiger partial charge on any atom is 0.316 e. The molecule has 9 nitrogen and oxygen atoms in total. The van der Waals surface area contributed by atoms with E-state index in [1.54, 1.807) is 31.2 Å². The van der Waals surface area contributed by atoms with Crippen molar-refractivity contribution in [1.82, 2.24) is 14.5 Å². The van der Waals surface area contributed by atoms with Crippen LogP contribution in [0.2, 0.25) is 5.02 Å². The summed E-state index contributed by atoms with van der Waals surface area (Å²) in [7, 11) is 0. The monoisotopic (exact) mass is 468 g/mol. The number of likely N-dealkylation sites (tertiary alicyclic amines) is 1. The summed E-state index contributed by atoms with van der Waals surface area (Å²) in [5.41, 5.74) is 4.73. The van der Waals surface area contributed by atoms with Gasteiger partial charge in [0.1, 0.15) is 11.7 Å². The number of primary amides is 1. The number of halogens is 1. The summed E-state index contributed by atoms with van der Waals surface area (Å²) in [6.45, 7) is 1.84. The summed E-state index contributed by atoms with van der Waals surface area (Å²) < 4.78 is 7.52. The smallest absolute Gasteiger partial charge is 0.316 e. The van der Waals surface area contributed by atoms with E-state index in [1.807, 2.05) is 18.2 Å². The topological polar surface area (TPSA) is 127 Å². The van der Waals surface area contributed by atoms with Gasteiger partial charge in [0.2, 0.25) is 11.8 Å². The molecule has 0 aliphatic carbocycles. The second-order valence-electron chi connectivity index (χ2n) is 8.57. The van der Waals surface area contributed by atoms with Gasteiger partial charge in [-0.05, 0) is 36.8 Å². The third kappa shape index (κ3) is 3.31. The summed E-state index contributed by atoms with van der Waals surface area (Å²) in [4.78, 5) is 54.6. The number of carbonyl (C=O) groups excluding carboxylic acids is 2. The van der Waals surface area contributed by atoms with E-state index in [-0.39, 0.29) is 13.1 Å². The van der Waals surface area contributed by atoms with Gasteiger partial charge in [0.15, 0.2) is 5.72 Å². The van der Waals surface area contributed by atoms with Crippen LogP contribution in [0, 0.1) is 5.92 Å². The SMILES string of the molecule is C[C@@]12C[C@@H](c3ccccc3O1)[C@H](C(N)=O)C(=O)N2CCn1c(=O)c(=O)[nH]c2cc(Cl)ccc21. The summed E-state index contributed by atoms with van der Waals surface area (Å²) in [6.07, 6.45) is 0.379. The highest BCUT2D eigenvalue weighted by molar-refractivity contribution is 6.31. The number of benzene rings is 2. The number of piperidine rings is 1. The summed E-state index contributed by atoms with van der Waals surface area (Å²) in [5.74, 6) is -2.02. The molecule has 3 atom stereocenters. The molecule has 1 aromatic heterocycles. The van der Waals surface area contributed by atoms with E-state index in [9.17, 15) is 19.2 Å². The molecule has 0 radical (unpaired) electrons. The largest absolute Gasteiger partial charge is 0.468 e. The van der Waals surface area contributed by atoms with Crippen molar-refractivity contribution in [1.29, 1.82) is 0 Å². The highest BCUT2D eigenvalue weighted by atomic mass is 35.5. The van der Waals surface area contributed by atoms with Crippen LogP contribution >= 0.6 is 11.6 Å². The molecule has 3 heterocycles. The van der Waals surface area contributed by atoms with E-state index < -0.39 is 40.5 Å². The maximum atomic E-state index is 13.4. The molecule has 3 N–H and O–H groups in total. The minimum absolute atomic E-state index is 0.0172. The molecule has 3 aromatic rings. The second kappa shape index (κ2) is 7.48. The van der Waals surface area contributed by atoms with Gasteiger partial charge in [0.25, 0.3) is 0 Å². The first-order valence-corrected chi connectivity index (χ1v) is 10.9. The number of fused-ring (bicyclic) bond motifs is 5. The van der Waals surface area contributed by atoms with Crippen molar-refractivity contribution in [2.24, 2.45) is 11.7 Å². The van der Waals surface area contributed by atoms with Crippen molar-refractivity contribution in [3.05, 3.63) is 73.8 Å². The lowest BCUT2D eigenvalue weighted by Gasteiger charge is -2.52. The Kier molecular flexibility index (Phi) is 4.82. The zero-order chi connectivity index (χ0) is 23.5. The van der Waals surface area contributed by atoms with Crippen LogP contribution in [0.4, 0.5) is 0 Å². The molecule has 33 heavy (non-hydrogen) atoms. The fourth-order valence-corrected chi connectivity index (χ4v) is 5.22. The van der Waals surface area contributed by atoms with E-state index >= 15 is 0 Å². The van der Waals surface area contributed by atoms with Crippen molar-refractivity contribution >= 4 is 34.4 Å². The molecule has 2 aromatic carbocycles. The van der Waals surface area contributed by atoms with E-state index in [2.05, 4.69) is 4.98 Å². The molecular formula is C23H21ClN4O5. The highest BCUT2D eigenvalue weighted by Gasteiger charge is 2.55. The number of hydrogen-bond acceptors (Lipinski definition) is 5. The van der Waals surface area contributed by atoms with Gasteiger partial charge >= 0.3 is 11.1 Å². The van der Waals surface area contributed by atoms with Gasteiger partial charge in [0.05, 0.1) is 11.0 Å². The molecule has 2 aliphatic rings. The zero-order valence-electron chi connectivity index (χ0n) is 17.7. The fourth-order valence-electron chi connectivity index (χ4n) is 5.05. The third-order valence-electron chi connectivity index (χ3n) is 6.54. The number of hydrogen-bond donors (Lipinski definition) is 2. The minimum Gasteiger partial charge on any atom is -0.468 e. The molecule has 10 heteroatoms. The van der Waals surface area contributed by atoms with E-state index in [4.69, 9.17) is 22.1 Å². The number of aromatic amines is 1. The van der Waals surface area contributed by atoms with Gasteiger partial charge in [0, 0.05) is 30.5 Å². The van der Waals surface area contributed by atoms with Crippen LogP contribution in [0.3, 0.4) is 0 Å². The van der Waals surface area contributed by atoms with Gasteiger partial charge in [-0.15, -0.1) is 0 Å². The normalized spacial score (nSPS) is 23.8. The predicted molar refractivity (Wildman–Crippen MR) is 121 cm³/mol. The summed E-state index contributed by atoms with van der Waals surface area (Å²) >= 11 is 6.02. The van der Waals surface area contributed by atoms with Crippen molar-refractivity contribution in [2.75, 3.05) is 6.54 Å². The van der Waals surface area contributed by atoms with Crippen molar-refractivity contribution < 1.29 is 14.3 Å². The summed E-state index contributed by atoms with van der Waals surface area (Å²) in [5, 5.41) is 0.409. The Morgan fingerprint density at radius 1 is 1.21 bits per heavy atom. The Morgan fingerprint density at radius 3 is 2.73 bits per heavy atom. The Labute approximate surface area is 192 Å². The molecule has 0 saturated carbocycles. The number of para-hydroxylation sites is 1. The zero-order valence-corrected chi connectivity index (χ0v) is 18.5. The summed E-state index contributed by atoms with van der Waals surface area (Å²) in [6, 6.07) is 12.1. The number of ether oxygens (including phenoxy) is 1. The lowest BCUT2D eigenvalue weighted by atomic mass is 9.73. The van der Waals surface area contributed by atoms with Gasteiger partial charge < -0.3 is 24.9 Å². The Morgan fingerprint density at radius 2 is 1.97 bits per heavy atom. The van der Waals surface area contributed by atoms with Crippen molar-refractivity contribution in [3.8, 4) is 5.75 Å². The molecule has 2 aliphatic heterocycles. The molecule has 2 bridgehead atoms. The lowest BCUT2D eigenvalue weighted by molar-refractivity contribution is -0.175. The number of nitrogens with two attached hydrogens (primary N) is 1. The first-order valence-electron chi connectivity index (χ1n) is 10.5. The maximum absolute atomic E-state index is 13.4. The Bertz CT molecular complexity index is 1430. The standard InChI is InChI=1S/C23H21ClN4O5/c1-23-11-14(13-4-2-3-5-17(13)33-23)18(19(25)29)21(31)28(23)9-8-27-16-7-6-12(24)10-15(16)26-20(30)22(27)32/h2-7,10,14,18H,8-9,11H2,1H3,(H2,25,29)(H,26,30)/t14-,18+,23-/m0/s1. The number of H-pyrrole nitrogens is 1. The number of carbonyl (C=O) groups is 2. The lowest BCUT2D eigenvalue weighted by Crippen LogP contribution is -2.65. The Balaban J connectivity index is 1.55. The third-order valence-corrected chi connectivity index (χ3v) is 6.78. The van der Waals surface area contributed by atoms with Crippen molar-refractivity contribution in [2.45, 2.75) is 31.5 Å². The van der Waals surface area contributed by atoms with E-state index in [0.29, 0.717) is 28.2 Å². The molecule has 1 saturated heterocycles.